The topological polar surface area (TPSA) is 111 Å². The first-order valence-corrected chi connectivity index (χ1v) is 19.6. The van der Waals surface area contributed by atoms with Crippen molar-refractivity contribution in [2.24, 2.45) is 0 Å². The summed E-state index contributed by atoms with van der Waals surface area (Å²) >= 11 is 0. The Kier molecular flexibility index (Phi) is 8.34. The van der Waals surface area contributed by atoms with E-state index in [4.69, 9.17) is 8.83 Å². The number of pyridine rings is 3. The molecule has 0 saturated heterocycles. The molecule has 0 amide bonds. The Hall–Kier alpha value is -8.23. The minimum absolute atomic E-state index is 0.0344. The summed E-state index contributed by atoms with van der Waals surface area (Å²) in [5.74, 6) is 0. The van der Waals surface area contributed by atoms with Gasteiger partial charge in [0.15, 0.2) is 5.58 Å². The molecule has 0 radical (unpaired) electrons. The molecule has 10 aromatic rings. The number of hydrogen-bond donors (Lipinski definition) is 1. The van der Waals surface area contributed by atoms with Gasteiger partial charge in [-0.15, -0.1) is 0 Å². The molecule has 6 heterocycles. The molecule has 1 unspecified atom stereocenters. The van der Waals surface area contributed by atoms with Gasteiger partial charge in [0.05, 0.1) is 39.3 Å². The Morgan fingerprint density at radius 3 is 1.57 bits per heavy atom. The molecule has 1 N–H and O–H groups in total. The van der Waals surface area contributed by atoms with Gasteiger partial charge in [-0.3, -0.25) is 24.5 Å². The van der Waals surface area contributed by atoms with Crippen LogP contribution in [0, 0.1) is 0 Å². The zero-order valence-electron chi connectivity index (χ0n) is 31.9. The molecule has 5 aromatic carbocycles. The molecule has 0 bridgehead atoms. The number of rotatable bonds is 6. The number of fused-ring (bicyclic) bond motifs is 5. The molecule has 1 aliphatic rings. The lowest BCUT2D eigenvalue weighted by atomic mass is 9.93. The van der Waals surface area contributed by atoms with Gasteiger partial charge in [-0.05, 0) is 149 Å². The normalized spacial score (nSPS) is 13.6. The summed E-state index contributed by atoms with van der Waals surface area (Å²) in [4.78, 5) is 42.8. The Morgan fingerprint density at radius 1 is 0.450 bits per heavy atom. The van der Waals surface area contributed by atoms with Crippen LogP contribution in [0.25, 0.3) is 99.9 Å². The number of allylic oxidation sites excluding steroid dienone is 2. The number of aromatic nitrogens is 3. The zero-order valence-corrected chi connectivity index (χ0v) is 31.9. The Bertz CT molecular complexity index is 3450. The van der Waals surface area contributed by atoms with Crippen molar-refractivity contribution in [3.63, 3.8) is 0 Å². The fourth-order valence-electron chi connectivity index (χ4n) is 8.10. The first-order valence-electron chi connectivity index (χ1n) is 19.6. The van der Waals surface area contributed by atoms with E-state index in [2.05, 4.69) is 62.7 Å². The maximum atomic E-state index is 14.6. The molecule has 60 heavy (non-hydrogen) atoms. The number of benzene rings is 5. The van der Waals surface area contributed by atoms with Crippen LogP contribution in [0.5, 0.6) is 0 Å². The quantitative estimate of drug-likeness (QED) is 0.131. The van der Waals surface area contributed by atoms with Gasteiger partial charge in [0.2, 0.25) is 10.9 Å². The molecule has 0 spiro atoms. The van der Waals surface area contributed by atoms with E-state index in [0.29, 0.717) is 32.9 Å². The summed E-state index contributed by atoms with van der Waals surface area (Å²) in [6, 6.07) is 44.5. The monoisotopic (exact) mass is 776 g/mol. The number of dihydropyridines is 1. The molecule has 8 nitrogen and oxygen atoms in total. The second-order valence-corrected chi connectivity index (χ2v) is 14.8. The summed E-state index contributed by atoms with van der Waals surface area (Å²) < 4.78 is 12.9. The van der Waals surface area contributed by atoms with E-state index in [1.165, 1.54) is 0 Å². The van der Waals surface area contributed by atoms with E-state index >= 15 is 0 Å². The van der Waals surface area contributed by atoms with Crippen LogP contribution in [0.4, 0.5) is 0 Å². The molecule has 1 aliphatic heterocycles. The molecule has 5 aromatic heterocycles. The molecule has 11 rings (SSSR count). The highest BCUT2D eigenvalue weighted by Gasteiger charge is 2.19. The lowest BCUT2D eigenvalue weighted by Crippen LogP contribution is -2.15. The predicted molar refractivity (Wildman–Crippen MR) is 238 cm³/mol. The molecule has 0 aliphatic carbocycles. The van der Waals surface area contributed by atoms with Crippen LogP contribution in [-0.4, -0.2) is 15.0 Å². The Balaban J connectivity index is 1.05. The van der Waals surface area contributed by atoms with E-state index in [1.807, 2.05) is 103 Å². The molecular formula is C52H32N4O4. The average molecular weight is 777 g/mol. The highest BCUT2D eigenvalue weighted by molar-refractivity contribution is 6.08. The van der Waals surface area contributed by atoms with Crippen molar-refractivity contribution in [3.05, 3.63) is 209 Å². The van der Waals surface area contributed by atoms with Crippen LogP contribution in [0.2, 0.25) is 0 Å². The fourth-order valence-corrected chi connectivity index (χ4v) is 8.10. The first kappa shape index (κ1) is 35.0. The van der Waals surface area contributed by atoms with Gasteiger partial charge in [0.1, 0.15) is 22.1 Å². The predicted octanol–water partition coefficient (Wildman–Crippen LogP) is 11.4. The van der Waals surface area contributed by atoms with Gasteiger partial charge in [0, 0.05) is 35.3 Å². The van der Waals surface area contributed by atoms with Gasteiger partial charge in [-0.1, -0.05) is 42.5 Å². The van der Waals surface area contributed by atoms with Crippen molar-refractivity contribution in [3.8, 4) is 56.0 Å². The van der Waals surface area contributed by atoms with E-state index in [9.17, 15) is 9.59 Å². The molecule has 0 saturated carbocycles. The third kappa shape index (κ3) is 6.15. The molecular weight excluding hydrogens is 745 g/mol. The van der Waals surface area contributed by atoms with Crippen molar-refractivity contribution in [1.82, 2.24) is 20.3 Å². The van der Waals surface area contributed by atoms with E-state index in [0.717, 1.165) is 61.6 Å². The SMILES string of the molecule is O=c1c2cc(-c3cc(-c4ccccn4)cc(-c4ccccn4)c3)ccc2oc2c1ccc1oc3ccc(-c4cc(-c5ccccn5)cc(C5C=CC=CN5)c4)cc3c(=O)c12. The minimum atomic E-state index is -0.283. The summed E-state index contributed by atoms with van der Waals surface area (Å²) in [5.41, 5.74) is 10.6. The van der Waals surface area contributed by atoms with Crippen LogP contribution >= 0.6 is 0 Å². The summed E-state index contributed by atoms with van der Waals surface area (Å²) in [5, 5.41) is 4.71. The van der Waals surface area contributed by atoms with Crippen molar-refractivity contribution in [2.75, 3.05) is 0 Å². The summed E-state index contributed by atoms with van der Waals surface area (Å²) in [7, 11) is 0. The van der Waals surface area contributed by atoms with Gasteiger partial charge >= 0.3 is 0 Å². The van der Waals surface area contributed by atoms with Crippen LogP contribution < -0.4 is 16.2 Å². The van der Waals surface area contributed by atoms with Gasteiger partial charge in [-0.2, -0.15) is 0 Å². The number of nitrogens with zero attached hydrogens (tertiary/aromatic N) is 3. The third-order valence-electron chi connectivity index (χ3n) is 11.1. The summed E-state index contributed by atoms with van der Waals surface area (Å²) in [6.45, 7) is 0. The first-order chi connectivity index (χ1) is 29.5. The fraction of sp³-hybridized carbons (Fsp3) is 0.0192. The second kappa shape index (κ2) is 14.3. The Morgan fingerprint density at radius 2 is 0.983 bits per heavy atom. The van der Waals surface area contributed by atoms with Crippen molar-refractivity contribution in [2.45, 2.75) is 6.04 Å². The van der Waals surface area contributed by atoms with Gasteiger partial charge in [0.25, 0.3) is 0 Å². The third-order valence-corrected chi connectivity index (χ3v) is 11.1. The van der Waals surface area contributed by atoms with Crippen LogP contribution in [0.1, 0.15) is 11.6 Å². The zero-order chi connectivity index (χ0) is 40.2. The van der Waals surface area contributed by atoms with Crippen molar-refractivity contribution >= 4 is 43.9 Å². The van der Waals surface area contributed by atoms with Crippen LogP contribution in [-0.2, 0) is 0 Å². The maximum Gasteiger partial charge on any atom is 0.204 e. The minimum Gasteiger partial charge on any atom is -0.456 e. The lowest BCUT2D eigenvalue weighted by Gasteiger charge is -2.19. The standard InChI is InChI=1S/C52H32N4O4/c57-50-39-15-18-48-49(51(58)41-30-32(13-16-46(41)59-48)34-25-37(44-11-3-7-21-55-44)28-38(26-34)45-12-4-8-22-56-45)52(39)60-47-17-14-31(29-40(47)50)33-23-35(42-9-1-5-19-53-42)27-36(24-33)43-10-2-6-20-54-43/h1-30,44,55H. The van der Waals surface area contributed by atoms with Crippen LogP contribution in [0.3, 0.4) is 0 Å². The average Bonchev–Trinajstić information content (AvgIpc) is 3.32. The van der Waals surface area contributed by atoms with E-state index in [-0.39, 0.29) is 27.9 Å². The molecule has 284 valence electrons. The second-order valence-electron chi connectivity index (χ2n) is 14.8. The molecule has 8 heteroatoms. The molecule has 1 atom stereocenters. The molecule has 0 fully saturated rings. The van der Waals surface area contributed by atoms with E-state index in [1.54, 1.807) is 36.8 Å². The largest absolute Gasteiger partial charge is 0.456 e. The Labute approximate surface area is 342 Å². The van der Waals surface area contributed by atoms with Gasteiger partial charge in [-0.25, -0.2) is 0 Å². The smallest absolute Gasteiger partial charge is 0.204 e. The lowest BCUT2D eigenvalue weighted by molar-refractivity contribution is 0.649. The number of nitrogens with one attached hydrogen (secondary N) is 1. The highest BCUT2D eigenvalue weighted by atomic mass is 16.3. The summed E-state index contributed by atoms with van der Waals surface area (Å²) in [6.07, 6.45) is 13.3. The van der Waals surface area contributed by atoms with Gasteiger partial charge < -0.3 is 14.2 Å². The highest BCUT2D eigenvalue weighted by Crippen LogP contribution is 2.36. The van der Waals surface area contributed by atoms with Crippen molar-refractivity contribution < 1.29 is 8.83 Å². The van der Waals surface area contributed by atoms with Crippen LogP contribution in [0.15, 0.2) is 201 Å². The maximum absolute atomic E-state index is 14.6. The van der Waals surface area contributed by atoms with E-state index < -0.39 is 0 Å². The van der Waals surface area contributed by atoms with Crippen molar-refractivity contribution in [1.29, 1.82) is 0 Å². The number of hydrogen-bond acceptors (Lipinski definition) is 8.